The van der Waals surface area contributed by atoms with Gasteiger partial charge >= 0.3 is 0 Å². The zero-order chi connectivity index (χ0) is 13.3. The largest absolute Gasteiger partial charge is 0.388 e. The van der Waals surface area contributed by atoms with E-state index in [1.807, 2.05) is 0 Å². The van der Waals surface area contributed by atoms with Gasteiger partial charge in [-0.2, -0.15) is 0 Å². The van der Waals surface area contributed by atoms with Crippen LogP contribution in [0.1, 0.15) is 37.7 Å². The van der Waals surface area contributed by atoms with Crippen molar-refractivity contribution < 1.29 is 5.11 Å². The van der Waals surface area contributed by atoms with Crippen LogP contribution in [-0.2, 0) is 12.0 Å². The first kappa shape index (κ1) is 12.8. The topological polar surface area (TPSA) is 48.9 Å². The van der Waals surface area contributed by atoms with Gasteiger partial charge in [-0.1, -0.05) is 32.9 Å². The lowest BCUT2D eigenvalue weighted by molar-refractivity contribution is 0.272. The molecule has 0 aliphatic rings. The van der Waals surface area contributed by atoms with E-state index in [1.54, 1.807) is 6.20 Å². The summed E-state index contributed by atoms with van der Waals surface area (Å²) in [7, 11) is 0. The first-order valence-corrected chi connectivity index (χ1v) is 6.18. The number of benzene rings is 1. The van der Waals surface area contributed by atoms with Crippen LogP contribution >= 0.6 is 0 Å². The number of H-pyrrole nitrogens is 1. The third-order valence-electron chi connectivity index (χ3n) is 3.17. The Morgan fingerprint density at radius 1 is 1.28 bits per heavy atom. The summed E-state index contributed by atoms with van der Waals surface area (Å²) < 4.78 is 0. The molecule has 3 heteroatoms. The molecule has 1 aromatic carbocycles. The molecule has 0 fully saturated rings. The van der Waals surface area contributed by atoms with Crippen molar-refractivity contribution in [3.05, 3.63) is 41.3 Å². The van der Waals surface area contributed by atoms with Crippen LogP contribution in [0.5, 0.6) is 0 Å². The molecular formula is C15H20N2O. The Kier molecular flexibility index (Phi) is 3.26. The molecule has 0 aliphatic heterocycles. The number of aromatic amines is 1. The molecule has 1 heterocycles. The highest BCUT2D eigenvalue weighted by molar-refractivity contribution is 5.64. The zero-order valence-electron chi connectivity index (χ0n) is 11.4. The number of imidazole rings is 1. The van der Waals surface area contributed by atoms with Gasteiger partial charge in [-0.3, -0.25) is 0 Å². The quantitative estimate of drug-likeness (QED) is 0.852. The number of aryl methyl sites for hydroxylation is 1. The molecule has 0 spiro atoms. The first-order chi connectivity index (χ1) is 8.41. The number of nitrogens with zero attached hydrogens (tertiary/aromatic N) is 1. The second kappa shape index (κ2) is 4.58. The molecule has 96 valence electrons. The van der Waals surface area contributed by atoms with Gasteiger partial charge in [0.25, 0.3) is 0 Å². The highest BCUT2D eigenvalue weighted by Crippen LogP contribution is 2.29. The van der Waals surface area contributed by atoms with Gasteiger partial charge in [-0.15, -0.1) is 0 Å². The fraction of sp³-hybridized carbons (Fsp3) is 0.400. The number of rotatable bonds is 2. The Morgan fingerprint density at radius 3 is 2.56 bits per heavy atom. The van der Waals surface area contributed by atoms with Crippen LogP contribution in [0.2, 0.25) is 0 Å². The van der Waals surface area contributed by atoms with Crippen LogP contribution in [0.4, 0.5) is 0 Å². The van der Waals surface area contributed by atoms with Gasteiger partial charge < -0.3 is 10.1 Å². The molecule has 0 bridgehead atoms. The molecule has 0 unspecified atom stereocenters. The molecule has 0 saturated carbocycles. The van der Waals surface area contributed by atoms with Crippen LogP contribution < -0.4 is 0 Å². The van der Waals surface area contributed by atoms with Crippen molar-refractivity contribution in [2.45, 2.75) is 39.7 Å². The molecule has 0 radical (unpaired) electrons. The second-order valence-corrected chi connectivity index (χ2v) is 5.68. The van der Waals surface area contributed by atoms with Crippen LogP contribution in [-0.4, -0.2) is 15.1 Å². The van der Waals surface area contributed by atoms with E-state index in [0.29, 0.717) is 5.82 Å². The van der Waals surface area contributed by atoms with Crippen molar-refractivity contribution in [1.82, 2.24) is 9.97 Å². The molecule has 18 heavy (non-hydrogen) atoms. The van der Waals surface area contributed by atoms with E-state index in [-0.39, 0.29) is 12.0 Å². The summed E-state index contributed by atoms with van der Waals surface area (Å²) in [5.41, 5.74) is 4.74. The van der Waals surface area contributed by atoms with E-state index < -0.39 is 0 Å². The Labute approximate surface area is 108 Å². The number of aromatic nitrogens is 2. The summed E-state index contributed by atoms with van der Waals surface area (Å²) in [6.07, 6.45) is 1.78. The lowest BCUT2D eigenvalue weighted by Gasteiger charge is -2.20. The van der Waals surface area contributed by atoms with E-state index in [1.165, 1.54) is 11.1 Å². The molecule has 0 atom stereocenters. The molecule has 3 nitrogen and oxygen atoms in total. The Bertz CT molecular complexity index is 550. The molecule has 2 rings (SSSR count). The minimum Gasteiger partial charge on any atom is -0.388 e. The maximum absolute atomic E-state index is 9.06. The van der Waals surface area contributed by atoms with Gasteiger partial charge in [0.15, 0.2) is 0 Å². The van der Waals surface area contributed by atoms with E-state index in [4.69, 9.17) is 5.11 Å². The van der Waals surface area contributed by atoms with Crippen LogP contribution in [0.25, 0.3) is 11.3 Å². The first-order valence-electron chi connectivity index (χ1n) is 6.18. The summed E-state index contributed by atoms with van der Waals surface area (Å²) >= 11 is 0. The normalized spacial score (nSPS) is 11.8. The Balaban J connectivity index is 2.49. The highest BCUT2D eigenvalue weighted by Gasteiger charge is 2.15. The second-order valence-electron chi connectivity index (χ2n) is 5.68. The molecule has 0 saturated heterocycles. The van der Waals surface area contributed by atoms with Crippen molar-refractivity contribution in [3.8, 4) is 11.3 Å². The average Bonchev–Trinajstić information content (AvgIpc) is 2.76. The Morgan fingerprint density at radius 2 is 2.00 bits per heavy atom. The van der Waals surface area contributed by atoms with Crippen LogP contribution in [0.3, 0.4) is 0 Å². The fourth-order valence-electron chi connectivity index (χ4n) is 1.96. The number of hydrogen-bond acceptors (Lipinski definition) is 2. The van der Waals surface area contributed by atoms with Gasteiger partial charge in [0.1, 0.15) is 12.4 Å². The van der Waals surface area contributed by atoms with Crippen molar-refractivity contribution in [2.24, 2.45) is 0 Å². The molecule has 1 aromatic heterocycles. The van der Waals surface area contributed by atoms with Gasteiger partial charge in [0, 0.05) is 5.56 Å². The third-order valence-corrected chi connectivity index (χ3v) is 3.17. The molecule has 2 aromatic rings. The van der Waals surface area contributed by atoms with Crippen LogP contribution in [0.15, 0.2) is 24.4 Å². The molecule has 0 amide bonds. The predicted molar refractivity (Wildman–Crippen MR) is 73.4 cm³/mol. The molecule has 0 aliphatic carbocycles. The lowest BCUT2D eigenvalue weighted by atomic mass is 9.85. The fourth-order valence-corrected chi connectivity index (χ4v) is 1.96. The van der Waals surface area contributed by atoms with Gasteiger partial charge in [0.05, 0.1) is 11.9 Å². The van der Waals surface area contributed by atoms with Crippen molar-refractivity contribution in [2.75, 3.05) is 0 Å². The summed E-state index contributed by atoms with van der Waals surface area (Å²) in [6.45, 7) is 8.63. The van der Waals surface area contributed by atoms with Crippen molar-refractivity contribution >= 4 is 0 Å². The van der Waals surface area contributed by atoms with Crippen molar-refractivity contribution in [3.63, 3.8) is 0 Å². The summed E-state index contributed by atoms with van der Waals surface area (Å²) in [5.74, 6) is 0.602. The number of aliphatic hydroxyl groups excluding tert-OH is 1. The maximum Gasteiger partial charge on any atom is 0.132 e. The monoisotopic (exact) mass is 244 g/mol. The zero-order valence-corrected chi connectivity index (χ0v) is 11.4. The number of nitrogens with one attached hydrogen (secondary N) is 1. The standard InChI is InChI=1S/C15H20N2O/c1-10-5-6-11(15(2,3)4)7-12(10)13-8-16-14(9-18)17-13/h5-8,18H,9H2,1-4H3,(H,16,17). The van der Waals surface area contributed by atoms with Gasteiger partial charge in [-0.05, 0) is 29.5 Å². The van der Waals surface area contributed by atoms with Gasteiger partial charge in [-0.25, -0.2) is 4.98 Å². The Hall–Kier alpha value is -1.61. The smallest absolute Gasteiger partial charge is 0.132 e. The van der Waals surface area contributed by atoms with E-state index in [2.05, 4.69) is 55.9 Å². The summed E-state index contributed by atoms with van der Waals surface area (Å²) in [6, 6.07) is 6.50. The molecule has 2 N–H and O–H groups in total. The number of hydrogen-bond donors (Lipinski definition) is 2. The van der Waals surface area contributed by atoms with E-state index >= 15 is 0 Å². The average molecular weight is 244 g/mol. The van der Waals surface area contributed by atoms with Crippen molar-refractivity contribution in [1.29, 1.82) is 0 Å². The van der Waals surface area contributed by atoms with E-state index in [9.17, 15) is 0 Å². The SMILES string of the molecule is Cc1ccc(C(C)(C)C)cc1-c1cnc(CO)[nH]1. The van der Waals surface area contributed by atoms with E-state index in [0.717, 1.165) is 11.3 Å². The predicted octanol–water partition coefficient (Wildman–Crippen LogP) is 3.17. The number of aliphatic hydroxyl groups is 1. The maximum atomic E-state index is 9.06. The summed E-state index contributed by atoms with van der Waals surface area (Å²) in [4.78, 5) is 7.28. The minimum absolute atomic E-state index is 0.0575. The van der Waals surface area contributed by atoms with Crippen LogP contribution in [0, 0.1) is 6.92 Å². The van der Waals surface area contributed by atoms with Gasteiger partial charge in [0.2, 0.25) is 0 Å². The molecular weight excluding hydrogens is 224 g/mol. The highest BCUT2D eigenvalue weighted by atomic mass is 16.3. The third kappa shape index (κ3) is 2.46. The lowest BCUT2D eigenvalue weighted by Crippen LogP contribution is -2.11. The minimum atomic E-state index is -0.0575. The summed E-state index contributed by atoms with van der Waals surface area (Å²) in [5, 5.41) is 9.06.